The van der Waals surface area contributed by atoms with Crippen molar-refractivity contribution in [3.63, 3.8) is 0 Å². The Morgan fingerprint density at radius 3 is 1.77 bits per heavy atom. The smallest absolute Gasteiger partial charge is 0.253 e. The third-order valence-electron chi connectivity index (χ3n) is 5.41. The molecule has 0 spiro atoms. The molecule has 0 radical (unpaired) electrons. The second kappa shape index (κ2) is 12.4. The highest BCUT2D eigenvalue weighted by atomic mass is 35.5. The fraction of sp³-hybridized carbons (Fsp3) is 0.269. The van der Waals surface area contributed by atoms with Crippen LogP contribution in [0.5, 0.6) is 11.5 Å². The number of hydrogen-bond donors (Lipinski definition) is 1. The van der Waals surface area contributed by atoms with E-state index < -0.39 is 10.7 Å². The summed E-state index contributed by atoms with van der Waals surface area (Å²) in [6.45, 7) is 0.406. The SMILES string of the molecule is COc1ccc(/C=C2\CN(C(=O)CCNC(=O)C(Cl)Cl)C/C(=C\c3ccc(OC)cc3)C2=O)cc1. The summed E-state index contributed by atoms with van der Waals surface area (Å²) in [4.78, 5) is 38.2. The van der Waals surface area contributed by atoms with E-state index in [0.29, 0.717) is 22.6 Å². The second-order valence-corrected chi connectivity index (χ2v) is 8.90. The molecule has 1 aliphatic rings. The van der Waals surface area contributed by atoms with Gasteiger partial charge in [0.1, 0.15) is 11.5 Å². The van der Waals surface area contributed by atoms with Crippen LogP contribution < -0.4 is 14.8 Å². The number of carbonyl (C=O) groups is 3. The summed E-state index contributed by atoms with van der Waals surface area (Å²) < 4.78 is 10.4. The molecule has 1 heterocycles. The van der Waals surface area contributed by atoms with Crippen molar-refractivity contribution in [2.45, 2.75) is 11.3 Å². The first-order chi connectivity index (χ1) is 16.8. The molecule has 1 fully saturated rings. The Bertz CT molecular complexity index is 1060. The van der Waals surface area contributed by atoms with E-state index in [4.69, 9.17) is 32.7 Å². The molecule has 0 bridgehead atoms. The molecule has 2 aromatic carbocycles. The number of amides is 2. The molecular weight excluding hydrogens is 491 g/mol. The molecule has 0 aliphatic carbocycles. The quantitative estimate of drug-likeness (QED) is 0.424. The van der Waals surface area contributed by atoms with Crippen molar-refractivity contribution < 1.29 is 23.9 Å². The summed E-state index contributed by atoms with van der Waals surface area (Å²) in [6.07, 6.45) is 3.60. The molecule has 1 N–H and O–H groups in total. The van der Waals surface area contributed by atoms with Gasteiger partial charge in [-0.3, -0.25) is 14.4 Å². The molecule has 1 aliphatic heterocycles. The van der Waals surface area contributed by atoms with Crippen LogP contribution in [0.15, 0.2) is 59.7 Å². The molecule has 184 valence electrons. The van der Waals surface area contributed by atoms with E-state index in [1.165, 1.54) is 0 Å². The van der Waals surface area contributed by atoms with Gasteiger partial charge in [0.05, 0.1) is 14.2 Å². The number of alkyl halides is 2. The molecule has 2 aromatic rings. The first-order valence-electron chi connectivity index (χ1n) is 10.9. The summed E-state index contributed by atoms with van der Waals surface area (Å²) in [5.74, 6) is 0.519. The number of nitrogens with zero attached hydrogens (tertiary/aromatic N) is 1. The van der Waals surface area contributed by atoms with Crippen LogP contribution in [-0.4, -0.2) is 61.2 Å². The summed E-state index contributed by atoms with van der Waals surface area (Å²) in [5, 5.41) is 2.51. The number of ether oxygens (including phenoxy) is 2. The van der Waals surface area contributed by atoms with Gasteiger partial charge in [0.15, 0.2) is 10.6 Å². The molecule has 3 rings (SSSR count). The largest absolute Gasteiger partial charge is 0.497 e. The topological polar surface area (TPSA) is 84.9 Å². The van der Waals surface area contributed by atoms with Crippen LogP contribution in [0.3, 0.4) is 0 Å². The highest BCUT2D eigenvalue weighted by Crippen LogP contribution is 2.24. The van der Waals surface area contributed by atoms with Crippen LogP contribution in [0, 0.1) is 0 Å². The zero-order chi connectivity index (χ0) is 25.4. The molecule has 9 heteroatoms. The average molecular weight is 517 g/mol. The lowest BCUT2D eigenvalue weighted by Gasteiger charge is -2.30. The zero-order valence-corrected chi connectivity index (χ0v) is 20.9. The van der Waals surface area contributed by atoms with Gasteiger partial charge in [-0.2, -0.15) is 0 Å². The van der Waals surface area contributed by atoms with Gasteiger partial charge in [-0.25, -0.2) is 0 Å². The second-order valence-electron chi connectivity index (χ2n) is 7.81. The third kappa shape index (κ3) is 7.34. The Balaban J connectivity index is 1.85. The number of piperidine rings is 1. The van der Waals surface area contributed by atoms with Crippen LogP contribution in [0.1, 0.15) is 17.5 Å². The van der Waals surface area contributed by atoms with E-state index in [0.717, 1.165) is 11.1 Å². The van der Waals surface area contributed by atoms with Crippen molar-refractivity contribution >= 4 is 53.0 Å². The van der Waals surface area contributed by atoms with Crippen molar-refractivity contribution in [2.24, 2.45) is 0 Å². The lowest BCUT2D eigenvalue weighted by atomic mass is 9.94. The van der Waals surface area contributed by atoms with Crippen molar-refractivity contribution in [1.29, 1.82) is 0 Å². The summed E-state index contributed by atoms with van der Waals surface area (Å²) in [6, 6.07) is 14.6. The van der Waals surface area contributed by atoms with Gasteiger partial charge < -0.3 is 19.7 Å². The number of Topliss-reactive ketones (excluding diaryl/α,β-unsaturated/α-hetero) is 1. The lowest BCUT2D eigenvalue weighted by Crippen LogP contribution is -2.43. The molecule has 0 aromatic heterocycles. The van der Waals surface area contributed by atoms with Gasteiger partial charge in [-0.1, -0.05) is 47.5 Å². The van der Waals surface area contributed by atoms with E-state index in [1.54, 1.807) is 55.5 Å². The van der Waals surface area contributed by atoms with Crippen molar-refractivity contribution in [3.8, 4) is 11.5 Å². The highest BCUT2D eigenvalue weighted by Gasteiger charge is 2.29. The molecule has 1 saturated heterocycles. The van der Waals surface area contributed by atoms with Gasteiger partial charge in [-0.15, -0.1) is 0 Å². The number of carbonyl (C=O) groups excluding carboxylic acids is 3. The van der Waals surface area contributed by atoms with E-state index in [9.17, 15) is 14.4 Å². The predicted octanol–water partition coefficient (Wildman–Crippen LogP) is 3.89. The van der Waals surface area contributed by atoms with E-state index >= 15 is 0 Å². The maximum Gasteiger partial charge on any atom is 0.253 e. The van der Waals surface area contributed by atoms with Crippen LogP contribution in [0.4, 0.5) is 0 Å². The number of ketones is 1. The average Bonchev–Trinajstić information content (AvgIpc) is 2.86. The number of halogens is 2. The predicted molar refractivity (Wildman–Crippen MR) is 137 cm³/mol. The monoisotopic (exact) mass is 516 g/mol. The molecule has 2 amide bonds. The molecule has 0 atom stereocenters. The number of hydrogen-bond acceptors (Lipinski definition) is 5. The minimum atomic E-state index is -1.20. The first kappa shape index (κ1) is 26.3. The lowest BCUT2D eigenvalue weighted by molar-refractivity contribution is -0.131. The van der Waals surface area contributed by atoms with Crippen LogP contribution >= 0.6 is 23.2 Å². The van der Waals surface area contributed by atoms with Gasteiger partial charge in [0.25, 0.3) is 5.91 Å². The first-order valence-corrected chi connectivity index (χ1v) is 11.8. The number of benzene rings is 2. The third-order valence-corrected chi connectivity index (χ3v) is 5.80. The summed E-state index contributed by atoms with van der Waals surface area (Å²) >= 11 is 11.1. The van der Waals surface area contributed by atoms with Crippen LogP contribution in [0.2, 0.25) is 0 Å². The van der Waals surface area contributed by atoms with Gasteiger partial charge >= 0.3 is 0 Å². The molecule has 7 nitrogen and oxygen atoms in total. The Labute approximate surface area is 214 Å². The van der Waals surface area contributed by atoms with Crippen molar-refractivity contribution in [1.82, 2.24) is 10.2 Å². The Kier molecular flexibility index (Phi) is 9.34. The zero-order valence-electron chi connectivity index (χ0n) is 19.4. The molecular formula is C26H26Cl2N2O5. The summed E-state index contributed by atoms with van der Waals surface area (Å²) in [5.41, 5.74) is 2.60. The minimum absolute atomic E-state index is 0.0477. The van der Waals surface area contributed by atoms with E-state index in [1.807, 2.05) is 24.3 Å². The Morgan fingerprint density at radius 2 is 1.37 bits per heavy atom. The van der Waals surface area contributed by atoms with Gasteiger partial charge in [-0.05, 0) is 47.5 Å². The Morgan fingerprint density at radius 1 is 0.914 bits per heavy atom. The number of likely N-dealkylation sites (tertiary alicyclic amines) is 1. The maximum absolute atomic E-state index is 13.3. The van der Waals surface area contributed by atoms with Crippen molar-refractivity contribution in [3.05, 3.63) is 70.8 Å². The number of methoxy groups -OCH3 is 2. The van der Waals surface area contributed by atoms with Crippen LogP contribution in [-0.2, 0) is 14.4 Å². The van der Waals surface area contributed by atoms with E-state index in [2.05, 4.69) is 5.32 Å². The standard InChI is InChI=1S/C26H26Cl2N2O5/c1-34-21-7-3-17(4-8-21)13-19-15-30(23(31)11-12-29-26(33)25(27)28)16-20(24(19)32)14-18-5-9-22(35-2)10-6-18/h3-10,13-14,25H,11-12,15-16H2,1-2H3,(H,29,33)/b19-13+,20-14+. The number of rotatable bonds is 8. The fourth-order valence-corrected chi connectivity index (χ4v) is 3.70. The molecule has 0 unspecified atom stereocenters. The van der Waals surface area contributed by atoms with Crippen LogP contribution in [0.25, 0.3) is 12.2 Å². The molecule has 35 heavy (non-hydrogen) atoms. The molecule has 0 saturated carbocycles. The van der Waals surface area contributed by atoms with Crippen molar-refractivity contribution in [2.75, 3.05) is 33.9 Å². The highest BCUT2D eigenvalue weighted by molar-refractivity contribution is 6.53. The van der Waals surface area contributed by atoms with Gasteiger partial charge in [0, 0.05) is 37.2 Å². The summed E-state index contributed by atoms with van der Waals surface area (Å²) in [7, 11) is 3.17. The van der Waals surface area contributed by atoms with E-state index in [-0.39, 0.29) is 37.7 Å². The Hall–Kier alpha value is -3.29. The fourth-order valence-electron chi connectivity index (χ4n) is 3.55. The number of nitrogens with one attached hydrogen (secondary N) is 1. The minimum Gasteiger partial charge on any atom is -0.497 e. The normalized spacial score (nSPS) is 16.0. The van der Waals surface area contributed by atoms with Gasteiger partial charge in [0.2, 0.25) is 5.91 Å². The maximum atomic E-state index is 13.3.